The highest BCUT2D eigenvalue weighted by molar-refractivity contribution is 5.95. The molecule has 2 aliphatic heterocycles. The highest BCUT2D eigenvalue weighted by Gasteiger charge is 2.25. The molecular formula is C21H27N5O. The Bertz CT molecular complexity index is 823. The van der Waals surface area contributed by atoms with Gasteiger partial charge >= 0.3 is 0 Å². The van der Waals surface area contributed by atoms with Gasteiger partial charge < -0.3 is 14.7 Å². The number of benzene rings is 1. The van der Waals surface area contributed by atoms with E-state index in [1.807, 2.05) is 43.0 Å². The van der Waals surface area contributed by atoms with E-state index in [1.165, 1.54) is 12.8 Å². The van der Waals surface area contributed by atoms with Crippen LogP contribution in [-0.2, 0) is 0 Å². The number of aryl methyl sites for hydroxylation is 2. The van der Waals surface area contributed by atoms with E-state index in [0.29, 0.717) is 13.1 Å². The Balaban J connectivity index is 1.45. The molecular weight excluding hydrogens is 338 g/mol. The van der Waals surface area contributed by atoms with E-state index in [-0.39, 0.29) is 5.91 Å². The number of nitrogens with zero attached hydrogens (tertiary/aromatic N) is 5. The summed E-state index contributed by atoms with van der Waals surface area (Å²) in [4.78, 5) is 28.8. The Kier molecular flexibility index (Phi) is 4.97. The quantitative estimate of drug-likeness (QED) is 0.837. The number of carbonyl (C=O) groups is 1. The zero-order valence-electron chi connectivity index (χ0n) is 16.2. The van der Waals surface area contributed by atoms with Crippen molar-refractivity contribution < 1.29 is 4.79 Å². The van der Waals surface area contributed by atoms with Crippen LogP contribution in [-0.4, -0.2) is 60.0 Å². The van der Waals surface area contributed by atoms with Crippen molar-refractivity contribution in [3.63, 3.8) is 0 Å². The number of anilines is 2. The summed E-state index contributed by atoms with van der Waals surface area (Å²) >= 11 is 0. The summed E-state index contributed by atoms with van der Waals surface area (Å²) in [7, 11) is 0. The molecule has 2 aromatic rings. The van der Waals surface area contributed by atoms with Crippen LogP contribution in [0, 0.1) is 13.8 Å². The molecule has 0 radical (unpaired) electrons. The molecule has 4 rings (SSSR count). The largest absolute Gasteiger partial charge is 0.356 e. The second kappa shape index (κ2) is 7.55. The van der Waals surface area contributed by atoms with Crippen molar-refractivity contribution in [1.29, 1.82) is 0 Å². The molecule has 1 aromatic carbocycles. The van der Waals surface area contributed by atoms with Gasteiger partial charge in [-0.1, -0.05) is 18.2 Å². The molecule has 2 saturated heterocycles. The Morgan fingerprint density at radius 2 is 1.59 bits per heavy atom. The fourth-order valence-electron chi connectivity index (χ4n) is 3.88. The van der Waals surface area contributed by atoms with Crippen molar-refractivity contribution in [2.45, 2.75) is 26.7 Å². The monoisotopic (exact) mass is 365 g/mol. The van der Waals surface area contributed by atoms with Crippen LogP contribution in [0.25, 0.3) is 0 Å². The molecule has 0 saturated carbocycles. The number of rotatable bonds is 3. The molecule has 6 heteroatoms. The predicted octanol–water partition coefficient (Wildman–Crippen LogP) is 2.66. The number of piperazine rings is 1. The highest BCUT2D eigenvalue weighted by Crippen LogP contribution is 2.22. The lowest BCUT2D eigenvalue weighted by Gasteiger charge is -2.35. The Morgan fingerprint density at radius 1 is 0.889 bits per heavy atom. The zero-order chi connectivity index (χ0) is 18.8. The fourth-order valence-corrected chi connectivity index (χ4v) is 3.88. The molecule has 0 atom stereocenters. The van der Waals surface area contributed by atoms with Crippen LogP contribution in [0.15, 0.2) is 30.3 Å². The maximum Gasteiger partial charge on any atom is 0.254 e. The first kappa shape index (κ1) is 17.8. The zero-order valence-corrected chi connectivity index (χ0v) is 16.2. The van der Waals surface area contributed by atoms with Crippen LogP contribution in [0.3, 0.4) is 0 Å². The van der Waals surface area contributed by atoms with E-state index in [4.69, 9.17) is 4.98 Å². The van der Waals surface area contributed by atoms with E-state index in [2.05, 4.69) is 20.9 Å². The summed E-state index contributed by atoms with van der Waals surface area (Å²) in [5.74, 6) is 1.95. The number of hydrogen-bond acceptors (Lipinski definition) is 5. The van der Waals surface area contributed by atoms with E-state index in [0.717, 1.165) is 54.8 Å². The van der Waals surface area contributed by atoms with Crippen LogP contribution < -0.4 is 9.80 Å². The van der Waals surface area contributed by atoms with Gasteiger partial charge in [-0.2, -0.15) is 4.98 Å². The second-order valence-electron chi connectivity index (χ2n) is 7.46. The number of amides is 1. The van der Waals surface area contributed by atoms with E-state index >= 15 is 0 Å². The lowest BCUT2D eigenvalue weighted by molar-refractivity contribution is 0.0745. The Labute approximate surface area is 160 Å². The van der Waals surface area contributed by atoms with Crippen molar-refractivity contribution in [3.8, 4) is 0 Å². The van der Waals surface area contributed by atoms with Crippen LogP contribution in [0.4, 0.5) is 11.8 Å². The Morgan fingerprint density at radius 3 is 2.30 bits per heavy atom. The van der Waals surface area contributed by atoms with Gasteiger partial charge in [0.2, 0.25) is 5.95 Å². The summed E-state index contributed by atoms with van der Waals surface area (Å²) in [6.07, 6.45) is 2.47. The van der Waals surface area contributed by atoms with Crippen molar-refractivity contribution in [3.05, 3.63) is 47.2 Å². The van der Waals surface area contributed by atoms with Gasteiger partial charge in [0.05, 0.1) is 0 Å². The molecule has 1 amide bonds. The van der Waals surface area contributed by atoms with Crippen LogP contribution in [0.2, 0.25) is 0 Å². The smallest absolute Gasteiger partial charge is 0.254 e. The van der Waals surface area contributed by atoms with Crippen LogP contribution in [0.5, 0.6) is 0 Å². The van der Waals surface area contributed by atoms with Crippen LogP contribution in [0.1, 0.15) is 34.5 Å². The Hall–Kier alpha value is -2.63. The summed E-state index contributed by atoms with van der Waals surface area (Å²) in [5, 5.41) is 0. The van der Waals surface area contributed by atoms with Gasteiger partial charge in [-0.25, -0.2) is 4.98 Å². The number of hydrogen-bond donors (Lipinski definition) is 0. The predicted molar refractivity (Wildman–Crippen MR) is 108 cm³/mol. The summed E-state index contributed by atoms with van der Waals surface area (Å²) < 4.78 is 0. The second-order valence-corrected chi connectivity index (χ2v) is 7.46. The van der Waals surface area contributed by atoms with Crippen LogP contribution >= 0.6 is 0 Å². The minimum absolute atomic E-state index is 0.121. The lowest BCUT2D eigenvalue weighted by Crippen LogP contribution is -2.49. The van der Waals surface area contributed by atoms with Gasteiger partial charge in [0, 0.05) is 56.6 Å². The summed E-state index contributed by atoms with van der Waals surface area (Å²) in [6.45, 7) is 9.10. The molecule has 0 spiro atoms. The molecule has 27 heavy (non-hydrogen) atoms. The molecule has 0 unspecified atom stereocenters. The first-order valence-electron chi connectivity index (χ1n) is 9.82. The maximum absolute atomic E-state index is 12.8. The standard InChI is InChI=1S/C21H27N5O/c1-16-7-3-4-8-18(16)20(27)25-11-13-26(14-12-25)21-22-17(2)15-19(23-21)24-9-5-6-10-24/h3-4,7-8,15H,5-6,9-14H2,1-2H3. The number of carbonyl (C=O) groups excluding carboxylic acids is 1. The van der Waals surface area contributed by atoms with Crippen molar-refractivity contribution in [2.75, 3.05) is 49.1 Å². The third-order valence-electron chi connectivity index (χ3n) is 5.48. The summed E-state index contributed by atoms with van der Waals surface area (Å²) in [5.41, 5.74) is 2.83. The third kappa shape index (κ3) is 3.75. The summed E-state index contributed by atoms with van der Waals surface area (Å²) in [6, 6.07) is 9.88. The molecule has 6 nitrogen and oxygen atoms in total. The van der Waals surface area contributed by atoms with Gasteiger partial charge in [-0.15, -0.1) is 0 Å². The SMILES string of the molecule is Cc1cc(N2CCCC2)nc(N2CCN(C(=O)c3ccccc3C)CC2)n1. The maximum atomic E-state index is 12.8. The molecule has 142 valence electrons. The average molecular weight is 365 g/mol. The van der Waals surface area contributed by atoms with Gasteiger partial charge in [0.15, 0.2) is 0 Å². The molecule has 3 heterocycles. The minimum Gasteiger partial charge on any atom is -0.356 e. The lowest BCUT2D eigenvalue weighted by atomic mass is 10.1. The molecule has 0 bridgehead atoms. The molecule has 1 aromatic heterocycles. The van der Waals surface area contributed by atoms with Crippen molar-refractivity contribution in [2.24, 2.45) is 0 Å². The van der Waals surface area contributed by atoms with E-state index < -0.39 is 0 Å². The minimum atomic E-state index is 0.121. The van der Waals surface area contributed by atoms with Gasteiger partial charge in [0.1, 0.15) is 5.82 Å². The molecule has 0 N–H and O–H groups in total. The van der Waals surface area contributed by atoms with Gasteiger partial charge in [-0.3, -0.25) is 4.79 Å². The molecule has 0 aliphatic carbocycles. The van der Waals surface area contributed by atoms with E-state index in [1.54, 1.807) is 0 Å². The third-order valence-corrected chi connectivity index (χ3v) is 5.48. The highest BCUT2D eigenvalue weighted by atomic mass is 16.2. The molecule has 2 fully saturated rings. The topological polar surface area (TPSA) is 52.6 Å². The van der Waals surface area contributed by atoms with Gasteiger partial charge in [0.25, 0.3) is 5.91 Å². The fraction of sp³-hybridized carbons (Fsp3) is 0.476. The first-order chi connectivity index (χ1) is 13.1. The van der Waals surface area contributed by atoms with Gasteiger partial charge in [-0.05, 0) is 38.3 Å². The average Bonchev–Trinajstić information content (AvgIpc) is 3.22. The number of aromatic nitrogens is 2. The molecule has 2 aliphatic rings. The normalized spacial score (nSPS) is 17.5. The van der Waals surface area contributed by atoms with E-state index in [9.17, 15) is 4.79 Å². The van der Waals surface area contributed by atoms with Crippen molar-refractivity contribution in [1.82, 2.24) is 14.9 Å². The van der Waals surface area contributed by atoms with Crippen molar-refractivity contribution >= 4 is 17.7 Å². The first-order valence-corrected chi connectivity index (χ1v) is 9.82.